The zero-order valence-electron chi connectivity index (χ0n) is 75.2. The highest BCUT2D eigenvalue weighted by atomic mass is 35.5. The van der Waals surface area contributed by atoms with E-state index in [9.17, 15) is 28.4 Å². The lowest BCUT2D eigenvalue weighted by atomic mass is 9.75. The van der Waals surface area contributed by atoms with Crippen LogP contribution in [0.4, 0.5) is 27.7 Å². The van der Waals surface area contributed by atoms with Gasteiger partial charge in [0.1, 0.15) is 76.2 Å². The smallest absolute Gasteiger partial charge is 0.335 e. The van der Waals surface area contributed by atoms with E-state index >= 15 is 0 Å². The van der Waals surface area contributed by atoms with Gasteiger partial charge in [-0.15, -0.1) is 0 Å². The molecule has 0 radical (unpaired) electrons. The van der Waals surface area contributed by atoms with Crippen molar-refractivity contribution < 1.29 is 18.7 Å². The number of halogens is 3. The summed E-state index contributed by atoms with van der Waals surface area (Å²) < 4.78 is 39.6. The summed E-state index contributed by atoms with van der Waals surface area (Å²) in [5.74, 6) is 6.23. The summed E-state index contributed by atoms with van der Waals surface area (Å²) in [7, 11) is 3.83. The van der Waals surface area contributed by atoms with E-state index in [-0.39, 0.29) is 69.2 Å². The molecule has 11 N–H and O–H groups in total. The molecule has 698 valence electrons. The number of nitrogens with zero attached hydrogens (tertiary/aromatic N) is 19. The number of aromatic nitrogens is 16. The van der Waals surface area contributed by atoms with Crippen molar-refractivity contribution >= 4 is 97.0 Å². The standard InChI is InChI=1S/C28H32N6O2.C27H31N7O2.C22H27ClN6O.C21H23ClFN7O2/c29-26-25-27(32-18-31-26)34(22-8-6-19(7-9-22)20-14-16-30-17-15-20)28(35)33(25)21-10-12-24(13-11-21)36-23-4-2-1-3-5-23;28-25-24-26(31-18-30-25)34(21-12-16-32(17-13-21)19-10-14-29-15-11-19)27(35)33(24)20-6-8-23(9-7-20)36-22-4-2-1-3-5-22;23-16-3-7-17(8-4-16)28-19-20(24)26-13-27-21(19)29(22(28)30)18-5-1-14(2-6-18)15-9-11-25-12-10-15;1-27(2)8-3-4-17(31)28-9-7-14(11-28)29-20-18(19(24)25-12-26-20)30(21(29)32)16-6-5-13(22)10-15(16)23/h1-5,10-13,18-20,22,30H,6-9,14-17H2,(H2,29,31,32);1-9,18-19,21,29H,10-17H2,(H2,28,30,31);3-4,7-8,13-15,18,25H,1-2,5-6,9-12H2,(H2,24,26,27);3-6,10,12,14H,7-9,11H2,1-2H3,(H2,24,25,26)/b;;;4-3+. The summed E-state index contributed by atoms with van der Waals surface area (Å²) in [4.78, 5) is 108. The Hall–Kier alpha value is -13.0. The minimum absolute atomic E-state index is 0.00204. The molecule has 1 amide bonds. The first-order valence-corrected chi connectivity index (χ1v) is 47.3. The number of likely N-dealkylation sites (tertiary alicyclic amines) is 2. The molecule has 33 nitrogen and oxygen atoms in total. The van der Waals surface area contributed by atoms with E-state index in [1.54, 1.807) is 36.8 Å². The number of anilines is 4. The maximum atomic E-state index is 14.7. The van der Waals surface area contributed by atoms with Crippen LogP contribution >= 0.6 is 23.2 Å². The van der Waals surface area contributed by atoms with Crippen LogP contribution in [0.1, 0.15) is 133 Å². The predicted molar refractivity (Wildman–Crippen MR) is 520 cm³/mol. The molecule has 2 saturated carbocycles. The maximum Gasteiger partial charge on any atom is 0.335 e. The molecule has 7 aliphatic rings. The van der Waals surface area contributed by atoms with Crippen molar-refractivity contribution in [3.63, 3.8) is 0 Å². The first-order chi connectivity index (χ1) is 65.3. The highest BCUT2D eigenvalue weighted by molar-refractivity contribution is 6.31. The zero-order chi connectivity index (χ0) is 92.6. The van der Waals surface area contributed by atoms with Gasteiger partial charge >= 0.3 is 22.8 Å². The fourth-order valence-corrected chi connectivity index (χ4v) is 21.2. The molecule has 36 heteroatoms. The molecule has 5 saturated heterocycles. The number of hydrogen-bond donors (Lipinski definition) is 7. The topological polar surface area (TPSA) is 396 Å². The first-order valence-electron chi connectivity index (χ1n) is 46.6. The van der Waals surface area contributed by atoms with Crippen LogP contribution in [-0.2, 0) is 4.79 Å². The zero-order valence-corrected chi connectivity index (χ0v) is 76.7. The van der Waals surface area contributed by atoms with Gasteiger partial charge in [0.25, 0.3) is 0 Å². The lowest BCUT2D eigenvalue weighted by Crippen LogP contribution is -2.47. The second-order valence-electron chi connectivity index (χ2n) is 36.0. The Labute approximate surface area is 783 Å². The predicted octanol–water partition coefficient (Wildman–Crippen LogP) is 13.4. The molecule has 1 atom stereocenters. The number of rotatable bonds is 18. The molecule has 7 fully saturated rings. The third-order valence-electron chi connectivity index (χ3n) is 27.7. The number of carbonyl (C=O) groups is 1. The number of fused-ring (bicyclic) bond motifs is 4. The number of amides is 1. The molecule has 134 heavy (non-hydrogen) atoms. The number of carbonyl (C=O) groups excluding carboxylic acids is 1. The number of imidazole rings is 4. The molecule has 0 bridgehead atoms. The minimum Gasteiger partial charge on any atom is -0.457 e. The van der Waals surface area contributed by atoms with Crippen molar-refractivity contribution in [3.05, 3.63) is 247 Å². The fourth-order valence-electron chi connectivity index (χ4n) is 21.0. The fraction of sp³-hybridized carbons (Fsp3) is 0.398. The van der Waals surface area contributed by atoms with Crippen LogP contribution in [0.2, 0.25) is 10.0 Å². The number of nitrogens with two attached hydrogens (primary N) is 4. The Bertz CT molecular complexity index is 6520. The lowest BCUT2D eigenvalue weighted by Gasteiger charge is -2.39. The number of para-hydroxylation sites is 2. The van der Waals surface area contributed by atoms with Gasteiger partial charge in [0.15, 0.2) is 45.9 Å². The Kier molecular flexibility index (Phi) is 28.2. The quantitative estimate of drug-likeness (QED) is 0.0392. The second kappa shape index (κ2) is 41.3. The number of nitrogen functional groups attached to an aromatic ring is 4. The summed E-state index contributed by atoms with van der Waals surface area (Å²) in [6.07, 6.45) is 27.4. The summed E-state index contributed by atoms with van der Waals surface area (Å²) in [5, 5.41) is 11.2. The molecule has 0 spiro atoms. The molecule has 21 rings (SSSR count). The SMILES string of the molecule is CN(C)C/C=C/C(=O)N1CCC(n2c(=O)n(-c3ccc(Cl)cc3F)c3c(N)ncnc32)C1.Nc1ncnc2c1n(-c1ccc(Cl)cc1)c(=O)n2C1CCC(C2CCNCC2)CC1.Nc1ncnc2c1n(-c1ccc(Oc3ccccc3)cc1)c(=O)n2C1CCC(C2CCNCC2)CC1.Nc1ncnc2c1n(-c1ccc(Oc3ccccc3)cc1)c(=O)n2C1CCN(C2CCNCC2)CC1. The van der Waals surface area contributed by atoms with Crippen LogP contribution < -0.4 is 71.1 Å². The maximum absolute atomic E-state index is 14.7. The number of hydrogen-bond acceptors (Lipinski definition) is 24. The third-order valence-corrected chi connectivity index (χ3v) is 28.2. The van der Waals surface area contributed by atoms with Crippen LogP contribution in [0.15, 0.2) is 208 Å². The highest BCUT2D eigenvalue weighted by Gasteiger charge is 2.38. The van der Waals surface area contributed by atoms with E-state index in [4.69, 9.17) is 55.6 Å². The Morgan fingerprint density at radius 3 is 1.15 bits per heavy atom. The van der Waals surface area contributed by atoms with Gasteiger partial charge in [-0.25, -0.2) is 63.4 Å². The Morgan fingerprint density at radius 1 is 0.403 bits per heavy atom. The van der Waals surface area contributed by atoms with Crippen LogP contribution in [0.3, 0.4) is 0 Å². The molecule has 5 aliphatic heterocycles. The average molecular weight is 1860 g/mol. The summed E-state index contributed by atoms with van der Waals surface area (Å²) in [6.45, 7) is 10.1. The van der Waals surface area contributed by atoms with Crippen LogP contribution in [-0.4, -0.2) is 189 Å². The van der Waals surface area contributed by atoms with Crippen molar-refractivity contribution in [1.82, 2.24) is 107 Å². The van der Waals surface area contributed by atoms with Gasteiger partial charge in [0.05, 0.1) is 28.8 Å². The molecule has 2 aliphatic carbocycles. The van der Waals surface area contributed by atoms with Crippen LogP contribution in [0, 0.1) is 29.5 Å². The number of likely N-dealkylation sites (N-methyl/N-ethyl adjacent to an activating group) is 1. The first kappa shape index (κ1) is 91.5. The molecule has 6 aromatic carbocycles. The lowest BCUT2D eigenvalue weighted by molar-refractivity contribution is -0.125. The molecule has 14 aromatic rings. The number of benzene rings is 6. The van der Waals surface area contributed by atoms with Gasteiger partial charge < -0.3 is 63.1 Å². The van der Waals surface area contributed by atoms with Crippen LogP contribution in [0.25, 0.3) is 67.4 Å². The Morgan fingerprint density at radius 2 is 0.746 bits per heavy atom. The highest BCUT2D eigenvalue weighted by Crippen LogP contribution is 2.43. The number of piperidine rings is 4. The van der Waals surface area contributed by atoms with E-state index in [1.165, 1.54) is 86.6 Å². The van der Waals surface area contributed by atoms with E-state index < -0.39 is 11.5 Å². The monoisotopic (exact) mass is 1850 g/mol. The second-order valence-corrected chi connectivity index (χ2v) is 36.9. The van der Waals surface area contributed by atoms with Gasteiger partial charge in [-0.3, -0.25) is 41.3 Å². The van der Waals surface area contributed by atoms with Crippen LogP contribution in [0.5, 0.6) is 23.0 Å². The van der Waals surface area contributed by atoms with E-state index in [0.29, 0.717) is 117 Å². The largest absolute Gasteiger partial charge is 0.457 e. The van der Waals surface area contributed by atoms with E-state index in [2.05, 4.69) is 60.7 Å². The summed E-state index contributed by atoms with van der Waals surface area (Å²) in [5.41, 5.74) is 30.2. The van der Waals surface area contributed by atoms with Crippen molar-refractivity contribution in [1.29, 1.82) is 0 Å². The molecule has 1 unspecified atom stereocenters. The molecule has 13 heterocycles. The summed E-state index contributed by atoms with van der Waals surface area (Å²) >= 11 is 11.9. The number of nitrogens with one attached hydrogen (secondary N) is 3. The third kappa shape index (κ3) is 19.6. The molecular weight excluding hydrogens is 1740 g/mol. The summed E-state index contributed by atoms with van der Waals surface area (Å²) in [6, 6.07) is 46.1. The molecule has 8 aromatic heterocycles. The van der Waals surface area contributed by atoms with E-state index in [1.807, 2.05) is 154 Å². The van der Waals surface area contributed by atoms with Gasteiger partial charge in [-0.2, -0.15) is 0 Å². The van der Waals surface area contributed by atoms with Crippen molar-refractivity contribution in [2.75, 3.05) is 109 Å². The van der Waals surface area contributed by atoms with Gasteiger partial charge in [0, 0.05) is 73.0 Å². The van der Waals surface area contributed by atoms with Crippen molar-refractivity contribution in [2.45, 2.75) is 139 Å². The van der Waals surface area contributed by atoms with E-state index in [0.717, 1.165) is 168 Å². The van der Waals surface area contributed by atoms with Gasteiger partial charge in [-0.05, 0) is 301 Å². The molecular formula is C98H113Cl2FN26O7. The van der Waals surface area contributed by atoms with Crippen molar-refractivity contribution in [2.24, 2.45) is 23.7 Å². The normalized spacial score (nSPS) is 19.6. The van der Waals surface area contributed by atoms with Gasteiger partial charge in [0.2, 0.25) is 5.91 Å². The average Bonchev–Trinajstić information content (AvgIpc) is 1.59. The number of ether oxygens (including phenoxy) is 2. The van der Waals surface area contributed by atoms with Gasteiger partial charge in [-0.1, -0.05) is 65.7 Å². The minimum atomic E-state index is -0.670. The Balaban J connectivity index is 0.000000120. The van der Waals surface area contributed by atoms with Crippen molar-refractivity contribution in [3.8, 4) is 45.7 Å².